The van der Waals surface area contributed by atoms with E-state index >= 15 is 0 Å². The van der Waals surface area contributed by atoms with E-state index in [1.165, 1.54) is 5.56 Å². The van der Waals surface area contributed by atoms with Crippen LogP contribution in [0.5, 0.6) is 0 Å². The summed E-state index contributed by atoms with van der Waals surface area (Å²) < 4.78 is 0. The molecule has 1 aliphatic rings. The van der Waals surface area contributed by atoms with E-state index in [9.17, 15) is 0 Å². The Morgan fingerprint density at radius 1 is 1.27 bits per heavy atom. The molecule has 4 heteroatoms. The summed E-state index contributed by atoms with van der Waals surface area (Å²) in [6.45, 7) is 1.94. The summed E-state index contributed by atoms with van der Waals surface area (Å²) in [6, 6.07) is 5.95. The first-order valence-corrected chi connectivity index (χ1v) is 5.12. The maximum Gasteiger partial charge on any atom is 0.101 e. The lowest BCUT2D eigenvalue weighted by atomic mass is 10.0. The predicted octanol–water partition coefficient (Wildman–Crippen LogP) is 2.32. The number of fused-ring (bicyclic) bond motifs is 1. The van der Waals surface area contributed by atoms with Crippen LogP contribution in [0.4, 0.5) is 0 Å². The third-order valence-corrected chi connectivity index (χ3v) is 3.02. The molecular formula is C11H12Cl2N2. The summed E-state index contributed by atoms with van der Waals surface area (Å²) in [4.78, 5) is 0. The van der Waals surface area contributed by atoms with Gasteiger partial charge in [0, 0.05) is 0 Å². The SMILES string of the molecule is Cl.N#Cc1ccc2c(c1Cl)CCNCC2. The van der Waals surface area contributed by atoms with E-state index < -0.39 is 0 Å². The molecule has 0 saturated carbocycles. The molecule has 80 valence electrons. The Labute approximate surface area is 101 Å². The van der Waals surface area contributed by atoms with Gasteiger partial charge in [-0.3, -0.25) is 0 Å². The van der Waals surface area contributed by atoms with Gasteiger partial charge >= 0.3 is 0 Å². The van der Waals surface area contributed by atoms with Gasteiger partial charge in [-0.2, -0.15) is 5.26 Å². The largest absolute Gasteiger partial charge is 0.316 e. The highest BCUT2D eigenvalue weighted by molar-refractivity contribution is 6.32. The molecule has 2 rings (SSSR count). The van der Waals surface area contributed by atoms with Crippen molar-refractivity contribution in [2.24, 2.45) is 0 Å². The van der Waals surface area contributed by atoms with Gasteiger partial charge in [0.15, 0.2) is 0 Å². The lowest BCUT2D eigenvalue weighted by Crippen LogP contribution is -2.16. The molecule has 0 aromatic heterocycles. The number of nitrogens with zero attached hydrogens (tertiary/aromatic N) is 1. The van der Waals surface area contributed by atoms with E-state index in [2.05, 4.69) is 11.4 Å². The third-order valence-electron chi connectivity index (χ3n) is 2.58. The van der Waals surface area contributed by atoms with Gasteiger partial charge < -0.3 is 5.32 Å². The second-order valence-electron chi connectivity index (χ2n) is 3.43. The van der Waals surface area contributed by atoms with Crippen molar-refractivity contribution in [2.45, 2.75) is 12.8 Å². The number of hydrogen-bond acceptors (Lipinski definition) is 2. The Morgan fingerprint density at radius 2 is 2.00 bits per heavy atom. The molecule has 1 aromatic rings. The molecule has 0 bridgehead atoms. The monoisotopic (exact) mass is 242 g/mol. The molecule has 0 fully saturated rings. The molecule has 0 amide bonds. The Kier molecular flexibility index (Phi) is 4.41. The number of nitriles is 1. The number of nitrogens with one attached hydrogen (secondary N) is 1. The lowest BCUT2D eigenvalue weighted by molar-refractivity contribution is 0.711. The van der Waals surface area contributed by atoms with Crippen LogP contribution in [0.3, 0.4) is 0 Å². The molecule has 0 unspecified atom stereocenters. The van der Waals surface area contributed by atoms with Crippen molar-refractivity contribution >= 4 is 24.0 Å². The average Bonchev–Trinajstić information content (AvgIpc) is 2.44. The number of hydrogen-bond donors (Lipinski definition) is 1. The Morgan fingerprint density at radius 3 is 2.73 bits per heavy atom. The van der Waals surface area contributed by atoms with Gasteiger partial charge in [0.2, 0.25) is 0 Å². The van der Waals surface area contributed by atoms with Crippen LogP contribution >= 0.6 is 24.0 Å². The fourth-order valence-corrected chi connectivity index (χ4v) is 2.13. The van der Waals surface area contributed by atoms with Crippen molar-refractivity contribution in [3.8, 4) is 6.07 Å². The molecular weight excluding hydrogens is 231 g/mol. The summed E-state index contributed by atoms with van der Waals surface area (Å²) >= 11 is 6.15. The second kappa shape index (κ2) is 5.37. The van der Waals surface area contributed by atoms with Crippen molar-refractivity contribution in [1.82, 2.24) is 5.32 Å². The van der Waals surface area contributed by atoms with Crippen LogP contribution < -0.4 is 5.32 Å². The summed E-state index contributed by atoms with van der Waals surface area (Å²) in [5, 5.41) is 12.8. The van der Waals surface area contributed by atoms with Gasteiger partial charge in [-0.25, -0.2) is 0 Å². The first-order chi connectivity index (χ1) is 6.83. The maximum absolute atomic E-state index is 8.84. The minimum absolute atomic E-state index is 0. The van der Waals surface area contributed by atoms with Crippen LogP contribution in [-0.4, -0.2) is 13.1 Å². The van der Waals surface area contributed by atoms with Crippen LogP contribution in [0, 0.1) is 11.3 Å². The summed E-state index contributed by atoms with van der Waals surface area (Å²) in [7, 11) is 0. The van der Waals surface area contributed by atoms with Gasteiger partial charge in [-0.15, -0.1) is 12.4 Å². The minimum Gasteiger partial charge on any atom is -0.316 e. The van der Waals surface area contributed by atoms with Gasteiger partial charge in [-0.05, 0) is 43.1 Å². The van der Waals surface area contributed by atoms with E-state index in [0.29, 0.717) is 10.6 Å². The van der Waals surface area contributed by atoms with Crippen LogP contribution in [-0.2, 0) is 12.8 Å². The molecule has 0 aliphatic carbocycles. The standard InChI is InChI=1S/C11H11ClN2.ClH/c12-11-9(7-13)2-1-8-3-5-14-6-4-10(8)11;/h1-2,14H,3-6H2;1H. The molecule has 0 radical (unpaired) electrons. The molecule has 1 aliphatic heterocycles. The first kappa shape index (κ1) is 12.3. The van der Waals surface area contributed by atoms with Crippen LogP contribution in [0.15, 0.2) is 12.1 Å². The first-order valence-electron chi connectivity index (χ1n) is 4.74. The zero-order valence-corrected chi connectivity index (χ0v) is 9.79. The molecule has 15 heavy (non-hydrogen) atoms. The van der Waals surface area contributed by atoms with E-state index in [0.717, 1.165) is 31.5 Å². The van der Waals surface area contributed by atoms with E-state index in [-0.39, 0.29) is 12.4 Å². The molecule has 0 atom stereocenters. The lowest BCUT2D eigenvalue weighted by Gasteiger charge is -2.07. The predicted molar refractivity (Wildman–Crippen MR) is 63.7 cm³/mol. The second-order valence-corrected chi connectivity index (χ2v) is 3.80. The van der Waals surface area contributed by atoms with Crippen molar-refractivity contribution in [3.63, 3.8) is 0 Å². The van der Waals surface area contributed by atoms with Crippen molar-refractivity contribution in [3.05, 3.63) is 33.8 Å². The Bertz CT molecular complexity index is 396. The van der Waals surface area contributed by atoms with E-state index in [4.69, 9.17) is 16.9 Å². The molecule has 1 N–H and O–H groups in total. The number of halogens is 2. The van der Waals surface area contributed by atoms with Gasteiger partial charge in [0.1, 0.15) is 6.07 Å². The van der Waals surface area contributed by atoms with Gasteiger partial charge in [-0.1, -0.05) is 17.7 Å². The Balaban J connectivity index is 0.00000112. The molecule has 0 spiro atoms. The van der Waals surface area contributed by atoms with Gasteiger partial charge in [0.05, 0.1) is 10.6 Å². The number of benzene rings is 1. The van der Waals surface area contributed by atoms with E-state index in [1.54, 1.807) is 0 Å². The summed E-state index contributed by atoms with van der Waals surface area (Å²) in [5.74, 6) is 0. The topological polar surface area (TPSA) is 35.8 Å². The average molecular weight is 243 g/mol. The summed E-state index contributed by atoms with van der Waals surface area (Å²) in [6.07, 6.45) is 1.92. The van der Waals surface area contributed by atoms with Crippen molar-refractivity contribution < 1.29 is 0 Å². The fourth-order valence-electron chi connectivity index (χ4n) is 1.81. The molecule has 1 heterocycles. The van der Waals surface area contributed by atoms with Crippen molar-refractivity contribution in [2.75, 3.05) is 13.1 Å². The van der Waals surface area contributed by atoms with Gasteiger partial charge in [0.25, 0.3) is 0 Å². The molecule has 2 nitrogen and oxygen atoms in total. The highest BCUT2D eigenvalue weighted by Gasteiger charge is 2.13. The van der Waals surface area contributed by atoms with E-state index in [1.807, 2.05) is 12.1 Å². The molecule has 1 aromatic carbocycles. The Hall–Kier alpha value is -0.750. The third kappa shape index (κ3) is 2.43. The fraction of sp³-hybridized carbons (Fsp3) is 0.364. The molecule has 0 saturated heterocycles. The highest BCUT2D eigenvalue weighted by Crippen LogP contribution is 2.26. The van der Waals surface area contributed by atoms with Crippen LogP contribution in [0.2, 0.25) is 5.02 Å². The highest BCUT2D eigenvalue weighted by atomic mass is 35.5. The smallest absolute Gasteiger partial charge is 0.101 e. The quantitative estimate of drug-likeness (QED) is 0.759. The minimum atomic E-state index is 0. The van der Waals surface area contributed by atoms with Crippen molar-refractivity contribution in [1.29, 1.82) is 5.26 Å². The van der Waals surface area contributed by atoms with Crippen LogP contribution in [0.25, 0.3) is 0 Å². The zero-order valence-electron chi connectivity index (χ0n) is 8.22. The normalized spacial score (nSPS) is 14.4. The number of rotatable bonds is 0. The maximum atomic E-state index is 8.84. The van der Waals surface area contributed by atoms with Crippen LogP contribution in [0.1, 0.15) is 16.7 Å². The summed E-state index contributed by atoms with van der Waals surface area (Å²) in [5.41, 5.74) is 3.02. The zero-order chi connectivity index (χ0) is 9.97.